The normalized spacial score (nSPS) is 21.2. The molecule has 1 aromatic rings. The van der Waals surface area contributed by atoms with Gasteiger partial charge in [-0.05, 0) is 30.9 Å². The van der Waals surface area contributed by atoms with E-state index in [0.29, 0.717) is 31.6 Å². The first kappa shape index (κ1) is 19.6. The van der Waals surface area contributed by atoms with Crippen LogP contribution in [0.15, 0.2) is 29.2 Å². The summed E-state index contributed by atoms with van der Waals surface area (Å²) in [7, 11) is -3.59. The van der Waals surface area contributed by atoms with Crippen LogP contribution in [0.3, 0.4) is 0 Å². The van der Waals surface area contributed by atoms with Gasteiger partial charge in [-0.2, -0.15) is 4.31 Å². The van der Waals surface area contributed by atoms with E-state index in [-0.39, 0.29) is 24.0 Å². The zero-order valence-electron chi connectivity index (χ0n) is 15.1. The summed E-state index contributed by atoms with van der Waals surface area (Å²) in [6.45, 7) is 1.68. The molecule has 2 N–H and O–H groups in total. The Morgan fingerprint density at radius 1 is 1.11 bits per heavy atom. The lowest BCUT2D eigenvalue weighted by Gasteiger charge is -2.27. The van der Waals surface area contributed by atoms with Crippen molar-refractivity contribution >= 4 is 22.0 Å². The minimum Gasteiger partial charge on any atom is -0.481 e. The molecule has 27 heavy (non-hydrogen) atoms. The molecule has 3 rings (SSSR count). The first-order valence-electron chi connectivity index (χ1n) is 9.23. The fraction of sp³-hybridized carbons (Fsp3) is 0.556. The molecule has 2 aliphatic heterocycles. The summed E-state index contributed by atoms with van der Waals surface area (Å²) in [4.78, 5) is 25.0. The Morgan fingerprint density at radius 2 is 1.81 bits per heavy atom. The summed E-state index contributed by atoms with van der Waals surface area (Å²) >= 11 is 0. The number of amides is 2. The van der Waals surface area contributed by atoms with Gasteiger partial charge < -0.3 is 15.3 Å². The highest BCUT2D eigenvalue weighted by molar-refractivity contribution is 7.89. The van der Waals surface area contributed by atoms with Gasteiger partial charge in [0.15, 0.2) is 0 Å². The van der Waals surface area contributed by atoms with E-state index in [2.05, 4.69) is 5.32 Å². The topological polar surface area (TPSA) is 107 Å². The van der Waals surface area contributed by atoms with Crippen LogP contribution < -0.4 is 5.32 Å². The first-order valence-corrected chi connectivity index (χ1v) is 10.7. The Kier molecular flexibility index (Phi) is 6.01. The quantitative estimate of drug-likeness (QED) is 0.785. The van der Waals surface area contributed by atoms with Gasteiger partial charge in [0, 0.05) is 32.7 Å². The van der Waals surface area contributed by atoms with Crippen molar-refractivity contribution in [1.29, 1.82) is 0 Å². The lowest BCUT2D eigenvalue weighted by molar-refractivity contribution is -0.141. The number of carboxylic acid groups (broad SMARTS) is 1. The number of benzene rings is 1. The Labute approximate surface area is 159 Å². The lowest BCUT2D eigenvalue weighted by Crippen LogP contribution is -2.39. The van der Waals surface area contributed by atoms with Crippen molar-refractivity contribution in [2.45, 2.75) is 37.1 Å². The van der Waals surface area contributed by atoms with Crippen LogP contribution in [-0.2, 0) is 21.4 Å². The summed E-state index contributed by atoms with van der Waals surface area (Å²) in [5.74, 6) is -1.44. The summed E-state index contributed by atoms with van der Waals surface area (Å²) in [6.07, 6.45) is 3.19. The molecule has 1 atom stereocenters. The zero-order chi connectivity index (χ0) is 19.4. The number of aliphatic carboxylic acids is 1. The summed E-state index contributed by atoms with van der Waals surface area (Å²) < 4.78 is 27.4. The summed E-state index contributed by atoms with van der Waals surface area (Å²) in [6, 6.07) is 6.32. The Hall–Kier alpha value is -2.13. The molecule has 1 unspecified atom stereocenters. The molecule has 8 nitrogen and oxygen atoms in total. The van der Waals surface area contributed by atoms with E-state index in [1.54, 1.807) is 24.3 Å². The molecule has 2 saturated heterocycles. The van der Waals surface area contributed by atoms with Gasteiger partial charge in [-0.3, -0.25) is 4.79 Å². The van der Waals surface area contributed by atoms with Crippen LogP contribution in [0.25, 0.3) is 0 Å². The van der Waals surface area contributed by atoms with Gasteiger partial charge in [0.1, 0.15) is 0 Å². The first-order chi connectivity index (χ1) is 12.9. The van der Waals surface area contributed by atoms with E-state index in [4.69, 9.17) is 5.11 Å². The maximum Gasteiger partial charge on any atom is 0.317 e. The number of sulfonamides is 1. The minimum atomic E-state index is -3.59. The Balaban J connectivity index is 1.68. The van der Waals surface area contributed by atoms with Gasteiger partial charge in [-0.1, -0.05) is 24.6 Å². The Bertz CT molecular complexity index is 805. The zero-order valence-corrected chi connectivity index (χ0v) is 16.0. The van der Waals surface area contributed by atoms with Gasteiger partial charge in [0.2, 0.25) is 10.0 Å². The molecule has 1 aromatic carbocycles. The number of rotatable bonds is 5. The maximum atomic E-state index is 13.0. The fourth-order valence-corrected chi connectivity index (χ4v) is 5.31. The van der Waals surface area contributed by atoms with Gasteiger partial charge in [-0.15, -0.1) is 0 Å². The number of carbonyl (C=O) groups excluding carboxylic acids is 1. The fourth-order valence-electron chi connectivity index (χ4n) is 3.57. The van der Waals surface area contributed by atoms with Crippen molar-refractivity contribution in [1.82, 2.24) is 14.5 Å². The van der Waals surface area contributed by atoms with Crippen molar-refractivity contribution in [3.05, 3.63) is 29.8 Å². The second-order valence-electron chi connectivity index (χ2n) is 7.00. The number of carbonyl (C=O) groups is 2. The van der Waals surface area contributed by atoms with Gasteiger partial charge >= 0.3 is 12.0 Å². The smallest absolute Gasteiger partial charge is 0.317 e. The molecular weight excluding hydrogens is 370 g/mol. The van der Waals surface area contributed by atoms with Crippen LogP contribution in [0.2, 0.25) is 0 Å². The van der Waals surface area contributed by atoms with E-state index in [1.165, 1.54) is 9.21 Å². The average molecular weight is 395 g/mol. The van der Waals surface area contributed by atoms with E-state index >= 15 is 0 Å². The number of nitrogens with one attached hydrogen (secondary N) is 1. The van der Waals surface area contributed by atoms with Gasteiger partial charge in [0.25, 0.3) is 0 Å². The molecule has 2 fully saturated rings. The van der Waals surface area contributed by atoms with Crippen molar-refractivity contribution in [2.24, 2.45) is 5.92 Å². The standard InChI is InChI=1S/C18H25N3O5S/c22-17(23)15-8-11-20(13-15)18(24)19-12-14-6-2-3-7-16(14)27(25,26)21-9-4-1-5-10-21/h2-3,6-7,15H,1,4-5,8-13H2,(H,19,24)(H,22,23). The molecule has 0 spiro atoms. The number of carboxylic acids is 1. The predicted octanol–water partition coefficient (Wildman–Crippen LogP) is 1.48. The van der Waals surface area contributed by atoms with Crippen LogP contribution in [0.4, 0.5) is 4.79 Å². The molecular formula is C18H25N3O5S. The second kappa shape index (κ2) is 8.26. The number of hydrogen-bond acceptors (Lipinski definition) is 4. The lowest BCUT2D eigenvalue weighted by atomic mass is 10.1. The van der Waals surface area contributed by atoms with E-state index in [9.17, 15) is 18.0 Å². The van der Waals surface area contributed by atoms with Crippen LogP contribution in [-0.4, -0.2) is 60.9 Å². The molecule has 9 heteroatoms. The summed E-state index contributed by atoms with van der Waals surface area (Å²) in [5, 5.41) is 11.8. The molecule has 148 valence electrons. The molecule has 0 bridgehead atoms. The van der Waals surface area contributed by atoms with Crippen molar-refractivity contribution in [2.75, 3.05) is 26.2 Å². The van der Waals surface area contributed by atoms with Crippen LogP contribution in [0, 0.1) is 5.92 Å². The van der Waals surface area contributed by atoms with Crippen molar-refractivity contribution < 1.29 is 23.1 Å². The highest BCUT2D eigenvalue weighted by Crippen LogP contribution is 2.24. The monoisotopic (exact) mass is 395 g/mol. The molecule has 0 aromatic heterocycles. The minimum absolute atomic E-state index is 0.0797. The largest absolute Gasteiger partial charge is 0.481 e. The number of piperidine rings is 1. The third-order valence-corrected chi connectivity index (χ3v) is 7.16. The highest BCUT2D eigenvalue weighted by Gasteiger charge is 2.31. The van der Waals surface area contributed by atoms with Crippen LogP contribution in [0.5, 0.6) is 0 Å². The maximum absolute atomic E-state index is 13.0. The molecule has 2 amide bonds. The van der Waals surface area contributed by atoms with Gasteiger partial charge in [0.05, 0.1) is 10.8 Å². The van der Waals surface area contributed by atoms with Crippen molar-refractivity contribution in [3.8, 4) is 0 Å². The highest BCUT2D eigenvalue weighted by atomic mass is 32.2. The van der Waals surface area contributed by atoms with Crippen LogP contribution >= 0.6 is 0 Å². The van der Waals surface area contributed by atoms with E-state index in [1.807, 2.05) is 0 Å². The third-order valence-electron chi connectivity index (χ3n) is 5.16. The number of nitrogens with zero attached hydrogens (tertiary/aromatic N) is 2. The van der Waals surface area contributed by atoms with Crippen LogP contribution in [0.1, 0.15) is 31.2 Å². The van der Waals surface area contributed by atoms with Gasteiger partial charge in [-0.25, -0.2) is 13.2 Å². The molecule has 2 heterocycles. The number of likely N-dealkylation sites (tertiary alicyclic amines) is 1. The second-order valence-corrected chi connectivity index (χ2v) is 8.91. The van der Waals surface area contributed by atoms with E-state index < -0.39 is 21.9 Å². The number of hydrogen-bond donors (Lipinski definition) is 2. The molecule has 2 aliphatic rings. The van der Waals surface area contributed by atoms with Crippen molar-refractivity contribution in [3.63, 3.8) is 0 Å². The number of urea groups is 1. The molecule has 0 aliphatic carbocycles. The SMILES string of the molecule is O=C(O)C1CCN(C(=O)NCc2ccccc2S(=O)(=O)N2CCCCC2)C1. The summed E-state index contributed by atoms with van der Waals surface area (Å²) in [5.41, 5.74) is 0.533. The average Bonchev–Trinajstić information content (AvgIpc) is 3.18. The Morgan fingerprint density at radius 3 is 2.48 bits per heavy atom. The molecule has 0 radical (unpaired) electrons. The third kappa shape index (κ3) is 4.41. The predicted molar refractivity (Wildman–Crippen MR) is 98.6 cm³/mol. The van der Waals surface area contributed by atoms with E-state index in [0.717, 1.165) is 19.3 Å². The molecule has 0 saturated carbocycles.